The van der Waals surface area contributed by atoms with Gasteiger partial charge in [0.15, 0.2) is 5.16 Å². The van der Waals surface area contributed by atoms with Crippen LogP contribution in [0.2, 0.25) is 0 Å². The van der Waals surface area contributed by atoms with Gasteiger partial charge in [0.05, 0.1) is 29.0 Å². The van der Waals surface area contributed by atoms with Gasteiger partial charge in [0.25, 0.3) is 5.56 Å². The Balaban J connectivity index is 1.49. The van der Waals surface area contributed by atoms with Crippen LogP contribution in [-0.4, -0.2) is 27.3 Å². The SMILES string of the molecule is CC(Sc1nc2ccccc2c(=O)n1Cc1ccco1)C(=O)N1CCc2ccccc21. The van der Waals surface area contributed by atoms with Crippen molar-refractivity contribution in [1.29, 1.82) is 0 Å². The third-order valence-electron chi connectivity index (χ3n) is 5.50. The van der Waals surface area contributed by atoms with Crippen LogP contribution in [0.15, 0.2) is 81.3 Å². The molecule has 0 bridgehead atoms. The molecule has 1 atom stereocenters. The number of carbonyl (C=O) groups is 1. The third-order valence-corrected chi connectivity index (χ3v) is 6.58. The van der Waals surface area contributed by atoms with Gasteiger partial charge in [-0.1, -0.05) is 42.1 Å². The molecule has 1 aliphatic heterocycles. The molecule has 0 aliphatic carbocycles. The molecule has 31 heavy (non-hydrogen) atoms. The summed E-state index contributed by atoms with van der Waals surface area (Å²) in [7, 11) is 0. The molecule has 1 aliphatic rings. The lowest BCUT2D eigenvalue weighted by Gasteiger charge is -2.22. The van der Waals surface area contributed by atoms with Gasteiger partial charge in [-0.15, -0.1) is 0 Å². The summed E-state index contributed by atoms with van der Waals surface area (Å²) in [5.41, 5.74) is 2.64. The zero-order valence-corrected chi connectivity index (χ0v) is 17.8. The van der Waals surface area contributed by atoms with Gasteiger partial charge in [-0.25, -0.2) is 4.98 Å². The molecule has 6 nitrogen and oxygen atoms in total. The minimum Gasteiger partial charge on any atom is -0.467 e. The number of furan rings is 1. The first-order valence-electron chi connectivity index (χ1n) is 10.2. The minimum absolute atomic E-state index is 0.0157. The summed E-state index contributed by atoms with van der Waals surface area (Å²) < 4.78 is 7.05. The Labute approximate surface area is 183 Å². The fourth-order valence-electron chi connectivity index (χ4n) is 3.93. The van der Waals surface area contributed by atoms with E-state index in [1.807, 2.05) is 54.3 Å². The second-order valence-electron chi connectivity index (χ2n) is 7.51. The normalized spacial score (nSPS) is 14.0. The summed E-state index contributed by atoms with van der Waals surface area (Å²) in [6, 6.07) is 18.9. The molecule has 4 aromatic rings. The highest BCUT2D eigenvalue weighted by atomic mass is 32.2. The summed E-state index contributed by atoms with van der Waals surface area (Å²) >= 11 is 1.31. The lowest BCUT2D eigenvalue weighted by atomic mass is 10.2. The lowest BCUT2D eigenvalue weighted by molar-refractivity contribution is -0.117. The Morgan fingerprint density at radius 3 is 2.77 bits per heavy atom. The average Bonchev–Trinajstić information content (AvgIpc) is 3.46. The monoisotopic (exact) mass is 431 g/mol. The lowest BCUT2D eigenvalue weighted by Crippen LogP contribution is -2.35. The summed E-state index contributed by atoms with van der Waals surface area (Å²) in [6.45, 7) is 2.80. The van der Waals surface area contributed by atoms with Gasteiger partial charge < -0.3 is 9.32 Å². The number of amides is 1. The summed E-state index contributed by atoms with van der Waals surface area (Å²) in [5, 5.41) is 0.654. The second-order valence-corrected chi connectivity index (χ2v) is 8.82. The summed E-state index contributed by atoms with van der Waals surface area (Å²) in [6.07, 6.45) is 2.44. The highest BCUT2D eigenvalue weighted by molar-refractivity contribution is 8.00. The van der Waals surface area contributed by atoms with E-state index in [4.69, 9.17) is 9.40 Å². The quantitative estimate of drug-likeness (QED) is 0.351. The standard InChI is InChI=1S/C24H21N3O3S/c1-16(22(28)26-13-12-17-7-2-5-11-21(17)26)31-24-25-20-10-4-3-9-19(20)23(29)27(24)15-18-8-6-14-30-18/h2-11,14,16H,12-13,15H2,1H3. The number of aromatic nitrogens is 2. The topological polar surface area (TPSA) is 68.3 Å². The Bertz CT molecular complexity index is 1310. The van der Waals surface area contributed by atoms with Gasteiger partial charge in [-0.3, -0.25) is 14.2 Å². The van der Waals surface area contributed by atoms with Crippen molar-refractivity contribution >= 4 is 34.3 Å². The number of carbonyl (C=O) groups excluding carboxylic acids is 1. The van der Waals surface area contributed by atoms with E-state index in [0.29, 0.717) is 28.4 Å². The molecule has 1 amide bonds. The molecular weight excluding hydrogens is 410 g/mol. The van der Waals surface area contributed by atoms with Crippen molar-refractivity contribution in [3.8, 4) is 0 Å². The smallest absolute Gasteiger partial charge is 0.262 e. The summed E-state index contributed by atoms with van der Waals surface area (Å²) in [4.78, 5) is 33.0. The van der Waals surface area contributed by atoms with E-state index < -0.39 is 5.25 Å². The number of hydrogen-bond acceptors (Lipinski definition) is 5. The molecule has 2 aromatic heterocycles. The number of rotatable bonds is 5. The van der Waals surface area contributed by atoms with E-state index in [1.165, 1.54) is 17.3 Å². The zero-order chi connectivity index (χ0) is 21.4. The van der Waals surface area contributed by atoms with Gasteiger partial charge in [0, 0.05) is 12.2 Å². The predicted octanol–water partition coefficient (Wildman–Crippen LogP) is 4.11. The molecule has 0 saturated carbocycles. The van der Waals surface area contributed by atoms with Gasteiger partial charge in [-0.2, -0.15) is 0 Å². The number of hydrogen-bond donors (Lipinski definition) is 0. The van der Waals surface area contributed by atoms with Gasteiger partial charge >= 0.3 is 0 Å². The van der Waals surface area contributed by atoms with E-state index in [0.717, 1.165) is 12.1 Å². The van der Waals surface area contributed by atoms with Crippen LogP contribution in [0.4, 0.5) is 5.69 Å². The Hall–Kier alpha value is -3.32. The van der Waals surface area contributed by atoms with E-state index >= 15 is 0 Å². The fourth-order valence-corrected chi connectivity index (χ4v) is 4.90. The van der Waals surface area contributed by atoms with Gasteiger partial charge in [0.2, 0.25) is 5.91 Å². The molecule has 7 heteroatoms. The van der Waals surface area contributed by atoms with E-state index in [9.17, 15) is 9.59 Å². The van der Waals surface area contributed by atoms with Crippen LogP contribution in [0.3, 0.4) is 0 Å². The minimum atomic E-state index is -0.401. The van der Waals surface area contributed by atoms with Crippen LogP contribution in [0.1, 0.15) is 18.2 Å². The number of thioether (sulfide) groups is 1. The highest BCUT2D eigenvalue weighted by Gasteiger charge is 2.29. The zero-order valence-electron chi connectivity index (χ0n) is 17.0. The first-order valence-corrected chi connectivity index (χ1v) is 11.1. The number of para-hydroxylation sites is 2. The molecular formula is C24H21N3O3S. The van der Waals surface area contributed by atoms with E-state index in [2.05, 4.69) is 6.07 Å². The van der Waals surface area contributed by atoms with Crippen LogP contribution >= 0.6 is 11.8 Å². The molecule has 0 spiro atoms. The maximum atomic E-state index is 13.3. The molecule has 0 radical (unpaired) electrons. The van der Waals surface area contributed by atoms with Crippen LogP contribution in [-0.2, 0) is 17.8 Å². The maximum absolute atomic E-state index is 13.3. The maximum Gasteiger partial charge on any atom is 0.262 e. The molecule has 5 rings (SSSR count). The number of fused-ring (bicyclic) bond motifs is 2. The predicted molar refractivity (Wildman–Crippen MR) is 122 cm³/mol. The molecule has 3 heterocycles. The van der Waals surface area contributed by atoms with E-state index in [-0.39, 0.29) is 18.0 Å². The van der Waals surface area contributed by atoms with Crippen molar-refractivity contribution in [3.63, 3.8) is 0 Å². The second kappa shape index (κ2) is 8.07. The van der Waals surface area contributed by atoms with Crippen molar-refractivity contribution in [2.45, 2.75) is 30.3 Å². The largest absolute Gasteiger partial charge is 0.467 e. The van der Waals surface area contributed by atoms with Crippen molar-refractivity contribution in [2.75, 3.05) is 11.4 Å². The first-order chi connectivity index (χ1) is 15.1. The molecule has 2 aromatic carbocycles. The molecule has 1 unspecified atom stereocenters. The van der Waals surface area contributed by atoms with Crippen LogP contribution < -0.4 is 10.5 Å². The first kappa shape index (κ1) is 19.6. The Kier molecular flexibility index (Phi) is 5.11. The molecule has 0 fully saturated rings. The Morgan fingerprint density at radius 2 is 1.94 bits per heavy atom. The number of nitrogens with zero attached hydrogens (tertiary/aromatic N) is 3. The van der Waals surface area contributed by atoms with Gasteiger partial charge in [-0.05, 0) is 49.2 Å². The van der Waals surface area contributed by atoms with Crippen molar-refractivity contribution in [1.82, 2.24) is 9.55 Å². The van der Waals surface area contributed by atoms with E-state index in [1.54, 1.807) is 23.0 Å². The van der Waals surface area contributed by atoms with Crippen LogP contribution in [0, 0.1) is 0 Å². The molecule has 0 saturated heterocycles. The van der Waals surface area contributed by atoms with Gasteiger partial charge in [0.1, 0.15) is 5.76 Å². The van der Waals surface area contributed by atoms with Crippen LogP contribution in [0.5, 0.6) is 0 Å². The average molecular weight is 432 g/mol. The molecule has 0 N–H and O–H groups in total. The Morgan fingerprint density at radius 1 is 1.13 bits per heavy atom. The highest BCUT2D eigenvalue weighted by Crippen LogP contribution is 2.31. The van der Waals surface area contributed by atoms with Crippen molar-refractivity contribution < 1.29 is 9.21 Å². The fraction of sp³-hybridized carbons (Fsp3) is 0.208. The van der Waals surface area contributed by atoms with Crippen molar-refractivity contribution in [3.05, 3.63) is 88.6 Å². The number of anilines is 1. The van der Waals surface area contributed by atoms with Crippen LogP contribution in [0.25, 0.3) is 10.9 Å². The van der Waals surface area contributed by atoms with Crippen molar-refractivity contribution in [2.24, 2.45) is 0 Å². The third kappa shape index (κ3) is 3.65. The molecule has 156 valence electrons. The summed E-state index contributed by atoms with van der Waals surface area (Å²) in [5.74, 6) is 0.676. The number of benzene rings is 2.